The molecular formula is C3H5N2O-. The second-order valence-corrected chi connectivity index (χ2v) is 1.10. The zero-order chi connectivity index (χ0) is 4.41. The summed E-state index contributed by atoms with van der Waals surface area (Å²) in [7, 11) is 0. The largest absolute Gasteiger partial charge is 0.757 e. The van der Waals surface area contributed by atoms with Gasteiger partial charge in [-0.3, -0.25) is 0 Å². The molecule has 0 aromatic heterocycles. The quantitative estimate of drug-likeness (QED) is 0.443. The van der Waals surface area contributed by atoms with Crippen molar-refractivity contribution in [2.75, 3.05) is 6.67 Å². The van der Waals surface area contributed by atoms with Gasteiger partial charge in [0.1, 0.15) is 0 Å². The summed E-state index contributed by atoms with van der Waals surface area (Å²) in [5, 5.41) is 13.5. The number of hydrogen-bond acceptors (Lipinski definition) is 3. The van der Waals surface area contributed by atoms with E-state index in [1.165, 1.54) is 6.20 Å². The highest BCUT2D eigenvalue weighted by molar-refractivity contribution is 4.86. The Kier molecular flexibility index (Phi) is 0.686. The maximum Gasteiger partial charge on any atom is 0.0764 e. The first-order valence-electron chi connectivity index (χ1n) is 1.73. The zero-order valence-corrected chi connectivity index (χ0v) is 3.22. The van der Waals surface area contributed by atoms with Gasteiger partial charge in [-0.1, -0.05) is 0 Å². The number of hydroxylamine groups is 2. The first-order valence-corrected chi connectivity index (χ1v) is 1.73. The van der Waals surface area contributed by atoms with Crippen LogP contribution in [0.2, 0.25) is 0 Å². The summed E-state index contributed by atoms with van der Waals surface area (Å²) in [5.74, 6) is 0. The van der Waals surface area contributed by atoms with E-state index in [1.807, 2.05) is 0 Å². The van der Waals surface area contributed by atoms with Crippen LogP contribution >= 0.6 is 0 Å². The van der Waals surface area contributed by atoms with Crippen LogP contribution in [0.4, 0.5) is 0 Å². The van der Waals surface area contributed by atoms with Crippen LogP contribution in [0.25, 0.3) is 0 Å². The van der Waals surface area contributed by atoms with Crippen LogP contribution in [0, 0.1) is 5.21 Å². The van der Waals surface area contributed by atoms with Gasteiger partial charge in [0.25, 0.3) is 0 Å². The van der Waals surface area contributed by atoms with Crippen LogP contribution in [0.3, 0.4) is 0 Å². The predicted octanol–water partition coefficient (Wildman–Crippen LogP) is -0.182. The van der Waals surface area contributed by atoms with E-state index >= 15 is 0 Å². The first-order chi connectivity index (χ1) is 2.89. The molecule has 0 aromatic rings. The van der Waals surface area contributed by atoms with Gasteiger partial charge in [-0.25, -0.2) is 0 Å². The molecule has 1 N–H and O–H groups in total. The molecule has 0 amide bonds. The number of nitrogens with zero attached hydrogens (tertiary/aromatic N) is 1. The average Bonchev–Trinajstić information content (AvgIpc) is 1.86. The molecule has 0 radical (unpaired) electrons. The molecule has 0 aromatic carbocycles. The lowest BCUT2D eigenvalue weighted by molar-refractivity contribution is 0.526. The summed E-state index contributed by atoms with van der Waals surface area (Å²) in [6.07, 6.45) is 3.06. The summed E-state index contributed by atoms with van der Waals surface area (Å²) < 4.78 is 0. The van der Waals surface area contributed by atoms with Crippen LogP contribution in [0.15, 0.2) is 12.4 Å². The van der Waals surface area contributed by atoms with E-state index in [1.54, 1.807) is 6.20 Å². The SMILES string of the molecule is [O-]N1C=CNC1. The highest BCUT2D eigenvalue weighted by Gasteiger charge is 1.84. The Labute approximate surface area is 35.8 Å². The molecule has 1 rings (SSSR count). The fourth-order valence-corrected chi connectivity index (χ4v) is 0.331. The second-order valence-electron chi connectivity index (χ2n) is 1.10. The molecule has 3 nitrogen and oxygen atoms in total. The second kappa shape index (κ2) is 1.18. The summed E-state index contributed by atoms with van der Waals surface area (Å²) >= 11 is 0. The molecule has 0 bridgehead atoms. The normalized spacial score (nSPS) is 18.5. The van der Waals surface area contributed by atoms with Gasteiger partial charge < -0.3 is 15.6 Å². The van der Waals surface area contributed by atoms with Gasteiger partial charge >= 0.3 is 0 Å². The average molecular weight is 85.1 g/mol. The van der Waals surface area contributed by atoms with Crippen LogP contribution in [0.5, 0.6) is 0 Å². The standard InChI is InChI=1S/C3H5N2O/c6-5-2-1-4-3-5/h1-2,4H,3H2/q-1. The minimum absolute atomic E-state index is 0.403. The van der Waals surface area contributed by atoms with E-state index in [0.717, 1.165) is 5.06 Å². The molecule has 0 saturated carbocycles. The molecule has 0 unspecified atom stereocenters. The van der Waals surface area contributed by atoms with Crippen molar-refractivity contribution >= 4 is 0 Å². The number of nitrogens with one attached hydrogen (secondary N) is 1. The van der Waals surface area contributed by atoms with E-state index < -0.39 is 0 Å². The van der Waals surface area contributed by atoms with Crippen LogP contribution in [-0.2, 0) is 0 Å². The third kappa shape index (κ3) is 0.440. The Morgan fingerprint density at radius 2 is 2.67 bits per heavy atom. The minimum Gasteiger partial charge on any atom is -0.757 e. The van der Waals surface area contributed by atoms with Gasteiger partial charge in [0.05, 0.1) is 6.67 Å². The third-order valence-corrected chi connectivity index (χ3v) is 0.606. The molecule has 1 aliphatic rings. The van der Waals surface area contributed by atoms with Crippen LogP contribution < -0.4 is 5.32 Å². The summed E-state index contributed by atoms with van der Waals surface area (Å²) in [6, 6.07) is 0. The lowest BCUT2D eigenvalue weighted by Crippen LogP contribution is -2.12. The lowest BCUT2D eigenvalue weighted by Gasteiger charge is -2.18. The number of hydrogen-bond donors (Lipinski definition) is 1. The molecule has 0 aliphatic carbocycles. The predicted molar refractivity (Wildman–Crippen MR) is 22.3 cm³/mol. The molecule has 1 heterocycles. The minimum atomic E-state index is 0.403. The Bertz CT molecular complexity index is 71.2. The molecule has 0 fully saturated rings. The highest BCUT2D eigenvalue weighted by Crippen LogP contribution is 1.86. The molecule has 0 spiro atoms. The maximum atomic E-state index is 10.0. The van der Waals surface area contributed by atoms with Crippen molar-refractivity contribution in [2.24, 2.45) is 0 Å². The van der Waals surface area contributed by atoms with E-state index in [0.29, 0.717) is 6.67 Å². The Morgan fingerprint density at radius 3 is 2.83 bits per heavy atom. The van der Waals surface area contributed by atoms with Gasteiger partial charge in [0.15, 0.2) is 0 Å². The van der Waals surface area contributed by atoms with Crippen molar-refractivity contribution in [3.63, 3.8) is 0 Å². The topological polar surface area (TPSA) is 38.3 Å². The van der Waals surface area contributed by atoms with Crippen molar-refractivity contribution < 1.29 is 0 Å². The smallest absolute Gasteiger partial charge is 0.0764 e. The summed E-state index contributed by atoms with van der Waals surface area (Å²) in [4.78, 5) is 0. The van der Waals surface area contributed by atoms with E-state index in [4.69, 9.17) is 0 Å². The molecule has 34 valence electrons. The van der Waals surface area contributed by atoms with Gasteiger partial charge in [-0.2, -0.15) is 0 Å². The molecule has 3 heteroatoms. The van der Waals surface area contributed by atoms with Crippen LogP contribution in [0.1, 0.15) is 0 Å². The Morgan fingerprint density at radius 1 is 1.83 bits per heavy atom. The zero-order valence-electron chi connectivity index (χ0n) is 3.22. The van der Waals surface area contributed by atoms with Gasteiger partial charge in [-0.05, 0) is 0 Å². The first kappa shape index (κ1) is 3.49. The van der Waals surface area contributed by atoms with Crippen molar-refractivity contribution in [1.29, 1.82) is 0 Å². The van der Waals surface area contributed by atoms with Crippen molar-refractivity contribution in [1.82, 2.24) is 10.4 Å². The monoisotopic (exact) mass is 85.0 g/mol. The van der Waals surface area contributed by atoms with Crippen molar-refractivity contribution in [2.45, 2.75) is 0 Å². The fraction of sp³-hybridized carbons (Fsp3) is 0.333. The molecule has 6 heavy (non-hydrogen) atoms. The van der Waals surface area contributed by atoms with E-state index in [-0.39, 0.29) is 0 Å². The third-order valence-electron chi connectivity index (χ3n) is 0.606. The number of rotatable bonds is 0. The highest BCUT2D eigenvalue weighted by atomic mass is 16.5. The van der Waals surface area contributed by atoms with E-state index in [2.05, 4.69) is 5.32 Å². The summed E-state index contributed by atoms with van der Waals surface area (Å²) in [6.45, 7) is 0.403. The van der Waals surface area contributed by atoms with Gasteiger partial charge in [-0.15, -0.1) is 0 Å². The van der Waals surface area contributed by atoms with E-state index in [9.17, 15) is 5.21 Å². The molecule has 0 atom stereocenters. The molecule has 0 saturated heterocycles. The fourth-order valence-electron chi connectivity index (χ4n) is 0.331. The molecule has 1 aliphatic heterocycles. The van der Waals surface area contributed by atoms with Gasteiger partial charge in [0, 0.05) is 12.4 Å². The Balaban J connectivity index is 2.38. The lowest BCUT2D eigenvalue weighted by atomic mass is 11.0. The maximum absolute atomic E-state index is 10.0. The Hall–Kier alpha value is -0.700. The molecular weight excluding hydrogens is 80.0 g/mol. The van der Waals surface area contributed by atoms with Crippen molar-refractivity contribution in [3.05, 3.63) is 17.6 Å². The van der Waals surface area contributed by atoms with Crippen LogP contribution in [-0.4, -0.2) is 11.7 Å². The summed E-state index contributed by atoms with van der Waals surface area (Å²) in [5.41, 5.74) is 0. The van der Waals surface area contributed by atoms with Crippen molar-refractivity contribution in [3.8, 4) is 0 Å². The van der Waals surface area contributed by atoms with Gasteiger partial charge in [0.2, 0.25) is 0 Å².